The van der Waals surface area contributed by atoms with Crippen LogP contribution in [0.1, 0.15) is 98.4 Å². The van der Waals surface area contributed by atoms with Gasteiger partial charge < -0.3 is 33.9 Å². The molecule has 0 aromatic heterocycles. The lowest BCUT2D eigenvalue weighted by atomic mass is 9.89. The first-order chi connectivity index (χ1) is 26.2. The monoisotopic (exact) mass is 784 g/mol. The molecular weight excluding hydrogens is 736 g/mol. The average Bonchev–Trinajstić information content (AvgIpc) is 3.12. The SMILES string of the molecule is CC(C)OC(=O)C(C)(C)Oc1ccc(C(=O)c2ccc(Cl)cc2)cc1.COc1c(CC(=O)c2cc3c(cc2O)OC(C)(C)C(O)C3)ccc2c1C=CC(C)(C)O2. The zero-order valence-electron chi connectivity index (χ0n) is 33.2. The minimum Gasteiger partial charge on any atom is -0.507 e. The number of esters is 1. The van der Waals surface area contributed by atoms with Crippen molar-refractivity contribution >= 4 is 35.2 Å². The van der Waals surface area contributed by atoms with Crippen molar-refractivity contribution in [3.05, 3.63) is 117 Å². The van der Waals surface area contributed by atoms with E-state index in [0.29, 0.717) is 56.7 Å². The summed E-state index contributed by atoms with van der Waals surface area (Å²) < 4.78 is 28.3. The normalized spacial score (nSPS) is 16.2. The maximum Gasteiger partial charge on any atom is 0.350 e. The highest BCUT2D eigenvalue weighted by Gasteiger charge is 2.37. The van der Waals surface area contributed by atoms with Crippen molar-refractivity contribution in [3.63, 3.8) is 0 Å². The van der Waals surface area contributed by atoms with Crippen LogP contribution in [0.4, 0.5) is 0 Å². The van der Waals surface area contributed by atoms with Crippen molar-refractivity contribution < 1.29 is 48.3 Å². The Morgan fingerprint density at radius 1 is 0.911 bits per heavy atom. The molecule has 296 valence electrons. The predicted molar refractivity (Wildman–Crippen MR) is 215 cm³/mol. The van der Waals surface area contributed by atoms with E-state index >= 15 is 0 Å². The maximum absolute atomic E-state index is 13.1. The summed E-state index contributed by atoms with van der Waals surface area (Å²) in [6.07, 6.45) is 3.38. The van der Waals surface area contributed by atoms with E-state index in [4.69, 9.17) is 35.3 Å². The summed E-state index contributed by atoms with van der Waals surface area (Å²) in [7, 11) is 1.56. The number of ketones is 2. The lowest BCUT2D eigenvalue weighted by molar-refractivity contribution is -0.163. The van der Waals surface area contributed by atoms with Crippen molar-refractivity contribution in [3.8, 4) is 28.7 Å². The molecule has 0 amide bonds. The highest BCUT2D eigenvalue weighted by atomic mass is 35.5. The Bertz CT molecular complexity index is 2130. The van der Waals surface area contributed by atoms with Gasteiger partial charge in [-0.3, -0.25) is 9.59 Å². The molecule has 1 unspecified atom stereocenters. The largest absolute Gasteiger partial charge is 0.507 e. The molecule has 2 N–H and O–H groups in total. The molecule has 10 nitrogen and oxygen atoms in total. The predicted octanol–water partition coefficient (Wildman–Crippen LogP) is 8.76. The molecule has 0 aliphatic carbocycles. The molecule has 0 saturated carbocycles. The van der Waals surface area contributed by atoms with Crippen LogP contribution in [0.5, 0.6) is 28.7 Å². The number of aromatic hydroxyl groups is 1. The summed E-state index contributed by atoms with van der Waals surface area (Å²) in [6.45, 7) is 14.4. The Morgan fingerprint density at radius 2 is 1.54 bits per heavy atom. The molecule has 2 heterocycles. The number of hydrogen-bond donors (Lipinski definition) is 2. The van der Waals surface area contributed by atoms with Gasteiger partial charge >= 0.3 is 5.97 Å². The number of phenolic OH excluding ortho intramolecular Hbond substituents is 1. The Labute approximate surface area is 333 Å². The Morgan fingerprint density at radius 3 is 2.14 bits per heavy atom. The van der Waals surface area contributed by atoms with E-state index in [-0.39, 0.29) is 35.4 Å². The summed E-state index contributed by atoms with van der Waals surface area (Å²) in [5, 5.41) is 21.4. The van der Waals surface area contributed by atoms with E-state index in [0.717, 1.165) is 5.56 Å². The second kappa shape index (κ2) is 16.4. The van der Waals surface area contributed by atoms with Crippen LogP contribution in [0.25, 0.3) is 6.08 Å². The van der Waals surface area contributed by atoms with Crippen LogP contribution in [-0.2, 0) is 22.4 Å². The molecule has 0 saturated heterocycles. The van der Waals surface area contributed by atoms with Gasteiger partial charge in [0.1, 0.15) is 39.9 Å². The van der Waals surface area contributed by atoms with Gasteiger partial charge in [0, 0.05) is 40.6 Å². The van der Waals surface area contributed by atoms with Crippen LogP contribution in [0.15, 0.2) is 78.9 Å². The molecule has 56 heavy (non-hydrogen) atoms. The summed E-state index contributed by atoms with van der Waals surface area (Å²) in [5.74, 6) is 1.31. The highest BCUT2D eigenvalue weighted by Crippen LogP contribution is 2.41. The van der Waals surface area contributed by atoms with Crippen LogP contribution in [0.3, 0.4) is 0 Å². The summed E-state index contributed by atoms with van der Waals surface area (Å²) in [6, 6.07) is 20.1. The third kappa shape index (κ3) is 9.72. The third-order valence-corrected chi connectivity index (χ3v) is 9.57. The van der Waals surface area contributed by atoms with E-state index in [1.165, 1.54) is 6.07 Å². The Hall–Kier alpha value is -5.32. The number of phenols is 1. The molecule has 6 rings (SSSR count). The highest BCUT2D eigenvalue weighted by molar-refractivity contribution is 6.30. The molecule has 4 aromatic rings. The number of ether oxygens (including phenoxy) is 5. The number of rotatable bonds is 10. The zero-order chi connectivity index (χ0) is 41.2. The minimum absolute atomic E-state index is 0.0505. The minimum atomic E-state index is -1.12. The zero-order valence-corrected chi connectivity index (χ0v) is 33.9. The van der Waals surface area contributed by atoms with Crippen LogP contribution in [-0.4, -0.2) is 63.9 Å². The van der Waals surface area contributed by atoms with Crippen molar-refractivity contribution in [2.24, 2.45) is 0 Å². The first-order valence-corrected chi connectivity index (χ1v) is 18.7. The molecule has 1 atom stereocenters. The second-order valence-corrected chi connectivity index (χ2v) is 16.1. The molecule has 0 fully saturated rings. The first kappa shape index (κ1) is 41.8. The Kier molecular flexibility index (Phi) is 12.3. The molecule has 0 spiro atoms. The van der Waals surface area contributed by atoms with Gasteiger partial charge in [-0.05, 0) is 134 Å². The van der Waals surface area contributed by atoms with Gasteiger partial charge in [0.05, 0.1) is 30.4 Å². The number of aliphatic hydroxyl groups is 1. The van der Waals surface area contributed by atoms with Crippen LogP contribution < -0.4 is 18.9 Å². The lowest BCUT2D eigenvalue weighted by Crippen LogP contribution is -2.46. The fourth-order valence-corrected chi connectivity index (χ4v) is 6.28. The third-order valence-electron chi connectivity index (χ3n) is 9.32. The van der Waals surface area contributed by atoms with Crippen LogP contribution >= 0.6 is 11.6 Å². The van der Waals surface area contributed by atoms with Crippen molar-refractivity contribution in [2.45, 2.75) is 97.2 Å². The van der Waals surface area contributed by atoms with Gasteiger partial charge in [-0.1, -0.05) is 17.7 Å². The molecule has 11 heteroatoms. The number of aliphatic hydroxyl groups excluding tert-OH is 1. The molecular formula is C45H49ClO10. The van der Waals surface area contributed by atoms with E-state index in [1.807, 2.05) is 38.1 Å². The first-order valence-electron chi connectivity index (χ1n) is 18.3. The number of carbonyl (C=O) groups is 3. The topological polar surface area (TPSA) is 138 Å². The van der Waals surface area contributed by atoms with Gasteiger partial charge in [0.15, 0.2) is 17.2 Å². The van der Waals surface area contributed by atoms with Crippen LogP contribution in [0.2, 0.25) is 5.02 Å². The van der Waals surface area contributed by atoms with E-state index in [2.05, 4.69) is 0 Å². The number of fused-ring (bicyclic) bond motifs is 2. The number of benzene rings is 4. The summed E-state index contributed by atoms with van der Waals surface area (Å²) in [5.41, 5.74) is 1.18. The molecule has 0 radical (unpaired) electrons. The average molecular weight is 785 g/mol. The Balaban J connectivity index is 0.000000220. The summed E-state index contributed by atoms with van der Waals surface area (Å²) >= 11 is 5.84. The molecule has 0 bridgehead atoms. The quantitative estimate of drug-likeness (QED) is 0.119. The van der Waals surface area contributed by atoms with Gasteiger partial charge in [-0.15, -0.1) is 0 Å². The number of methoxy groups -OCH3 is 1. The summed E-state index contributed by atoms with van der Waals surface area (Å²) in [4.78, 5) is 37.6. The molecule has 2 aliphatic heterocycles. The molecule has 2 aliphatic rings. The van der Waals surface area contributed by atoms with E-state index in [1.54, 1.807) is 103 Å². The van der Waals surface area contributed by atoms with Gasteiger partial charge in [-0.2, -0.15) is 0 Å². The van der Waals surface area contributed by atoms with Gasteiger partial charge in [0.2, 0.25) is 0 Å². The number of Topliss-reactive ketones (excluding diaryl/α,β-unsaturated/α-hetero) is 1. The number of carbonyl (C=O) groups excluding carboxylic acids is 3. The van der Waals surface area contributed by atoms with E-state index < -0.39 is 28.9 Å². The van der Waals surface area contributed by atoms with Crippen molar-refractivity contribution in [1.29, 1.82) is 0 Å². The number of halogens is 1. The van der Waals surface area contributed by atoms with Gasteiger partial charge in [0.25, 0.3) is 0 Å². The second-order valence-electron chi connectivity index (χ2n) is 15.6. The fraction of sp³-hybridized carbons (Fsp3) is 0.356. The maximum atomic E-state index is 13.1. The smallest absolute Gasteiger partial charge is 0.350 e. The van der Waals surface area contributed by atoms with Crippen molar-refractivity contribution in [1.82, 2.24) is 0 Å². The van der Waals surface area contributed by atoms with Crippen molar-refractivity contribution in [2.75, 3.05) is 7.11 Å². The van der Waals surface area contributed by atoms with E-state index in [9.17, 15) is 24.6 Å². The number of hydrogen-bond acceptors (Lipinski definition) is 10. The lowest BCUT2D eigenvalue weighted by Gasteiger charge is -2.37. The fourth-order valence-electron chi connectivity index (χ4n) is 6.16. The molecule has 4 aromatic carbocycles. The van der Waals surface area contributed by atoms with Crippen LogP contribution in [0, 0.1) is 0 Å². The van der Waals surface area contributed by atoms with Gasteiger partial charge in [-0.25, -0.2) is 4.79 Å². The standard InChI is InChI=1S/C25H28O6.C20H21ClO4/c1-24(2)9-8-16-20(30-24)7-6-14(23(16)29-5)11-18(26)17-10-15-12-22(28)25(3,4)31-21(15)13-19(17)27;1-13(2)24-19(23)20(3,4)25-17-11-7-15(8-12-17)18(22)14-5-9-16(21)10-6-14/h6-10,13,22,27-28H,11-12H2,1-5H3;5-13H,1-4H3.